The number of likely N-dealkylation sites (tertiary alicyclic amines) is 1. The van der Waals surface area contributed by atoms with Gasteiger partial charge in [0.1, 0.15) is 5.82 Å². The first-order valence-electron chi connectivity index (χ1n) is 7.39. The molecule has 0 saturated carbocycles. The maximum atomic E-state index is 13.5. The van der Waals surface area contributed by atoms with Crippen molar-refractivity contribution in [2.24, 2.45) is 5.92 Å². The van der Waals surface area contributed by atoms with E-state index in [-0.39, 0.29) is 30.5 Å². The molecule has 2 rings (SSSR count). The monoisotopic (exact) mass is 371 g/mol. The van der Waals surface area contributed by atoms with Crippen LogP contribution in [0.2, 0.25) is 0 Å². The first kappa shape index (κ1) is 16.9. The summed E-state index contributed by atoms with van der Waals surface area (Å²) in [5, 5.41) is 8.74. The first-order valence-corrected chi connectivity index (χ1v) is 8.18. The molecule has 0 bridgehead atoms. The molecular weight excluding hydrogens is 353 g/mol. The van der Waals surface area contributed by atoms with E-state index in [1.165, 1.54) is 6.07 Å². The van der Waals surface area contributed by atoms with Crippen LogP contribution in [0, 0.1) is 11.7 Å². The van der Waals surface area contributed by atoms with Gasteiger partial charge >= 0.3 is 5.97 Å². The molecular formula is C16H19BrFNO3. The molecule has 6 heteroatoms. The molecule has 1 amide bonds. The molecule has 4 nitrogen and oxygen atoms in total. The molecule has 1 aromatic carbocycles. The number of carbonyl (C=O) groups excluding carboxylic acids is 1. The van der Waals surface area contributed by atoms with Crippen LogP contribution in [0.5, 0.6) is 0 Å². The standard InChI is InChI=1S/C16H19BrFNO3/c17-13-5-3-12(8-14(13)18)9-15(20)19-7-1-2-11(10-19)4-6-16(21)22/h3,5,8,11H,1-2,4,6-7,9-10H2,(H,21,22). The number of amides is 1. The number of hydrogen-bond acceptors (Lipinski definition) is 2. The summed E-state index contributed by atoms with van der Waals surface area (Å²) in [6.45, 7) is 1.30. The molecule has 1 fully saturated rings. The van der Waals surface area contributed by atoms with Gasteiger partial charge in [-0.05, 0) is 58.8 Å². The van der Waals surface area contributed by atoms with Crippen LogP contribution in [0.1, 0.15) is 31.2 Å². The number of halogens is 2. The highest BCUT2D eigenvalue weighted by molar-refractivity contribution is 9.10. The number of nitrogens with zero attached hydrogens (tertiary/aromatic N) is 1. The molecule has 1 atom stereocenters. The van der Waals surface area contributed by atoms with Gasteiger partial charge < -0.3 is 10.0 Å². The zero-order valence-electron chi connectivity index (χ0n) is 12.2. The fraction of sp³-hybridized carbons (Fsp3) is 0.500. The Morgan fingerprint density at radius 3 is 2.86 bits per heavy atom. The third-order valence-electron chi connectivity index (χ3n) is 3.98. The van der Waals surface area contributed by atoms with Gasteiger partial charge in [-0.25, -0.2) is 4.39 Å². The summed E-state index contributed by atoms with van der Waals surface area (Å²) in [4.78, 5) is 24.7. The van der Waals surface area contributed by atoms with Crippen LogP contribution in [0.3, 0.4) is 0 Å². The van der Waals surface area contributed by atoms with Gasteiger partial charge in [0.25, 0.3) is 0 Å². The van der Waals surface area contributed by atoms with E-state index < -0.39 is 5.97 Å². The number of hydrogen-bond donors (Lipinski definition) is 1. The molecule has 120 valence electrons. The lowest BCUT2D eigenvalue weighted by atomic mass is 9.93. The molecule has 0 spiro atoms. The summed E-state index contributed by atoms with van der Waals surface area (Å²) in [6.07, 6.45) is 2.78. The highest BCUT2D eigenvalue weighted by Crippen LogP contribution is 2.22. The number of rotatable bonds is 5. The average molecular weight is 372 g/mol. The van der Waals surface area contributed by atoms with Crippen LogP contribution >= 0.6 is 15.9 Å². The molecule has 1 aromatic rings. The maximum Gasteiger partial charge on any atom is 0.303 e. The zero-order chi connectivity index (χ0) is 16.1. The van der Waals surface area contributed by atoms with Crippen LogP contribution in [0.25, 0.3) is 0 Å². The van der Waals surface area contributed by atoms with E-state index in [1.807, 2.05) is 0 Å². The summed E-state index contributed by atoms with van der Waals surface area (Å²) in [5.74, 6) is -0.950. The van der Waals surface area contributed by atoms with Crippen LogP contribution < -0.4 is 0 Å². The molecule has 1 heterocycles. The van der Waals surface area contributed by atoms with E-state index in [0.29, 0.717) is 29.5 Å². The Kier molecular flexibility index (Phi) is 5.94. The molecule has 1 aliphatic rings. The molecule has 0 radical (unpaired) electrons. The third-order valence-corrected chi connectivity index (χ3v) is 4.62. The van der Waals surface area contributed by atoms with Gasteiger partial charge in [0.15, 0.2) is 0 Å². The van der Waals surface area contributed by atoms with Crippen LogP contribution in [-0.4, -0.2) is 35.0 Å². The molecule has 1 N–H and O–H groups in total. The third kappa shape index (κ3) is 4.80. The van der Waals surface area contributed by atoms with Crippen molar-refractivity contribution in [3.05, 3.63) is 34.1 Å². The van der Waals surface area contributed by atoms with Gasteiger partial charge in [0, 0.05) is 19.5 Å². The number of piperidine rings is 1. The Morgan fingerprint density at radius 1 is 1.41 bits per heavy atom. The topological polar surface area (TPSA) is 57.6 Å². The fourth-order valence-electron chi connectivity index (χ4n) is 2.79. The SMILES string of the molecule is O=C(O)CCC1CCCN(C(=O)Cc2ccc(Br)c(F)c2)C1. The highest BCUT2D eigenvalue weighted by atomic mass is 79.9. The van der Waals surface area contributed by atoms with Gasteiger partial charge in [-0.15, -0.1) is 0 Å². The predicted molar refractivity (Wildman–Crippen MR) is 84.0 cm³/mol. The van der Waals surface area contributed by atoms with E-state index >= 15 is 0 Å². The Morgan fingerprint density at radius 2 is 2.18 bits per heavy atom. The molecule has 1 unspecified atom stereocenters. The van der Waals surface area contributed by atoms with E-state index in [0.717, 1.165) is 12.8 Å². The van der Waals surface area contributed by atoms with Gasteiger partial charge in [-0.1, -0.05) is 6.07 Å². The van der Waals surface area contributed by atoms with Crippen molar-refractivity contribution in [1.29, 1.82) is 0 Å². The lowest BCUT2D eigenvalue weighted by Gasteiger charge is -2.32. The van der Waals surface area contributed by atoms with Gasteiger partial charge in [-0.2, -0.15) is 0 Å². The van der Waals surface area contributed by atoms with Crippen molar-refractivity contribution in [1.82, 2.24) is 4.90 Å². The van der Waals surface area contributed by atoms with E-state index in [2.05, 4.69) is 15.9 Å². The summed E-state index contributed by atoms with van der Waals surface area (Å²) in [7, 11) is 0. The number of benzene rings is 1. The number of carboxylic acid groups (broad SMARTS) is 1. The predicted octanol–water partition coefficient (Wildman–Crippen LogP) is 3.23. The number of carboxylic acids is 1. The fourth-order valence-corrected chi connectivity index (χ4v) is 3.04. The van der Waals surface area contributed by atoms with Crippen LogP contribution in [0.15, 0.2) is 22.7 Å². The Balaban J connectivity index is 1.91. The Bertz CT molecular complexity index is 564. The van der Waals surface area contributed by atoms with E-state index in [9.17, 15) is 14.0 Å². The minimum atomic E-state index is -0.797. The lowest BCUT2D eigenvalue weighted by molar-refractivity contribution is -0.137. The summed E-state index contributed by atoms with van der Waals surface area (Å²) in [6, 6.07) is 4.70. The van der Waals surface area contributed by atoms with Crippen molar-refractivity contribution >= 4 is 27.8 Å². The summed E-state index contributed by atoms with van der Waals surface area (Å²) < 4.78 is 13.9. The minimum Gasteiger partial charge on any atom is -0.481 e. The zero-order valence-corrected chi connectivity index (χ0v) is 13.8. The van der Waals surface area contributed by atoms with Crippen molar-refractivity contribution in [2.75, 3.05) is 13.1 Å². The van der Waals surface area contributed by atoms with Crippen LogP contribution in [-0.2, 0) is 16.0 Å². The normalized spacial score (nSPS) is 18.3. The quantitative estimate of drug-likeness (QED) is 0.864. The second-order valence-corrected chi connectivity index (χ2v) is 6.56. The first-order chi connectivity index (χ1) is 10.5. The van der Waals surface area contributed by atoms with Crippen molar-refractivity contribution in [2.45, 2.75) is 32.1 Å². The van der Waals surface area contributed by atoms with E-state index in [1.54, 1.807) is 17.0 Å². The molecule has 1 aliphatic heterocycles. The lowest BCUT2D eigenvalue weighted by Crippen LogP contribution is -2.40. The molecule has 0 aromatic heterocycles. The smallest absolute Gasteiger partial charge is 0.303 e. The van der Waals surface area contributed by atoms with E-state index in [4.69, 9.17) is 5.11 Å². The van der Waals surface area contributed by atoms with Gasteiger partial charge in [0.2, 0.25) is 5.91 Å². The highest BCUT2D eigenvalue weighted by Gasteiger charge is 2.24. The number of carbonyl (C=O) groups is 2. The average Bonchev–Trinajstić information content (AvgIpc) is 2.49. The van der Waals surface area contributed by atoms with Gasteiger partial charge in [-0.3, -0.25) is 9.59 Å². The summed E-state index contributed by atoms with van der Waals surface area (Å²) >= 11 is 3.09. The Hall–Kier alpha value is -1.43. The second kappa shape index (κ2) is 7.72. The summed E-state index contributed by atoms with van der Waals surface area (Å²) in [5.41, 5.74) is 0.651. The van der Waals surface area contributed by atoms with Gasteiger partial charge in [0.05, 0.1) is 10.9 Å². The maximum absolute atomic E-state index is 13.5. The van der Waals surface area contributed by atoms with Crippen LogP contribution in [0.4, 0.5) is 4.39 Å². The number of aliphatic carboxylic acids is 1. The molecule has 1 saturated heterocycles. The minimum absolute atomic E-state index is 0.0262. The van der Waals surface area contributed by atoms with Crippen molar-refractivity contribution in [3.63, 3.8) is 0 Å². The second-order valence-electron chi connectivity index (χ2n) is 5.71. The molecule has 22 heavy (non-hydrogen) atoms. The Labute approximate surface area is 137 Å². The van der Waals surface area contributed by atoms with Crippen molar-refractivity contribution < 1.29 is 19.1 Å². The van der Waals surface area contributed by atoms with Crippen molar-refractivity contribution in [3.8, 4) is 0 Å². The largest absolute Gasteiger partial charge is 0.481 e. The molecule has 0 aliphatic carbocycles.